The number of para-hydroxylation sites is 1. The Morgan fingerprint density at radius 2 is 1.00 bits per heavy atom. The molecule has 0 saturated carbocycles. The molecule has 280 valence electrons. The van der Waals surface area contributed by atoms with E-state index in [0.717, 1.165) is 39.0 Å². The van der Waals surface area contributed by atoms with Crippen LogP contribution in [0.1, 0.15) is 16.7 Å². The summed E-state index contributed by atoms with van der Waals surface area (Å²) in [5.41, 5.74) is 14.7. The van der Waals surface area contributed by atoms with Gasteiger partial charge in [-0.1, -0.05) is 145 Å². The van der Waals surface area contributed by atoms with Crippen LogP contribution >= 0.6 is 11.3 Å². The van der Waals surface area contributed by atoms with Crippen LogP contribution in [0.15, 0.2) is 176 Å². The molecule has 0 atom stereocenters. The summed E-state index contributed by atoms with van der Waals surface area (Å²) in [5.74, 6) is 1.88. The third-order valence-corrected chi connectivity index (χ3v) is 12.8. The fourth-order valence-corrected chi connectivity index (χ4v) is 10.2. The molecule has 3 heterocycles. The number of benzene rings is 8. The summed E-state index contributed by atoms with van der Waals surface area (Å²) < 4.78 is 4.95. The summed E-state index contributed by atoms with van der Waals surface area (Å²) >= 11 is 1.85. The Hall–Kier alpha value is -7.21. The Morgan fingerprint density at radius 1 is 0.407 bits per heavy atom. The van der Waals surface area contributed by atoms with Gasteiger partial charge in [-0.3, -0.25) is 0 Å². The lowest BCUT2D eigenvalue weighted by molar-refractivity contribution is 1.06. The molecule has 3 aromatic heterocycles. The first-order valence-corrected chi connectivity index (χ1v) is 20.8. The van der Waals surface area contributed by atoms with Crippen molar-refractivity contribution in [1.82, 2.24) is 19.5 Å². The van der Waals surface area contributed by atoms with Crippen LogP contribution in [0.25, 0.3) is 104 Å². The van der Waals surface area contributed by atoms with Crippen LogP contribution in [0, 0.1) is 20.8 Å². The van der Waals surface area contributed by atoms with Gasteiger partial charge in [-0.05, 0) is 90.6 Å². The topological polar surface area (TPSA) is 43.6 Å². The van der Waals surface area contributed by atoms with Gasteiger partial charge in [0.25, 0.3) is 0 Å². The standard InChI is InChI=1S/C54H38N4S/c1-33-29-34(2)50(35(3)30-33)39-26-28-47-44(32-39)41-19-10-12-23-46(41)58(47)48-27-25-38(40-21-14-22-43-42-20-11-13-24-49(42)59-51(40)43)31-45(48)54-56-52(36-15-6-4-7-16-36)55-53(57-54)37-17-8-5-9-18-37/h4-32H,1-3H3. The van der Waals surface area contributed by atoms with Crippen molar-refractivity contribution in [3.63, 3.8) is 0 Å². The van der Waals surface area contributed by atoms with Gasteiger partial charge < -0.3 is 4.57 Å². The van der Waals surface area contributed by atoms with Crippen LogP contribution in [-0.2, 0) is 0 Å². The average molecular weight is 775 g/mol. The summed E-state index contributed by atoms with van der Waals surface area (Å²) in [6.07, 6.45) is 0. The van der Waals surface area contributed by atoms with E-state index in [4.69, 9.17) is 15.0 Å². The van der Waals surface area contributed by atoms with Crippen molar-refractivity contribution in [2.75, 3.05) is 0 Å². The number of aromatic nitrogens is 4. The van der Waals surface area contributed by atoms with Crippen LogP contribution in [0.4, 0.5) is 0 Å². The van der Waals surface area contributed by atoms with Crippen LogP contribution in [-0.4, -0.2) is 19.5 Å². The lowest BCUT2D eigenvalue weighted by Crippen LogP contribution is -2.04. The van der Waals surface area contributed by atoms with Gasteiger partial charge in [0.05, 0.1) is 16.7 Å². The second kappa shape index (κ2) is 14.0. The van der Waals surface area contributed by atoms with E-state index in [0.29, 0.717) is 17.5 Å². The molecule has 0 aliphatic carbocycles. The van der Waals surface area contributed by atoms with Crippen LogP contribution in [0.3, 0.4) is 0 Å². The highest BCUT2D eigenvalue weighted by molar-refractivity contribution is 7.26. The number of hydrogen-bond donors (Lipinski definition) is 0. The molecule has 0 N–H and O–H groups in total. The molecular weight excluding hydrogens is 737 g/mol. The molecule has 5 heteroatoms. The van der Waals surface area contributed by atoms with Crippen LogP contribution in [0.5, 0.6) is 0 Å². The first-order valence-electron chi connectivity index (χ1n) is 20.0. The fourth-order valence-electron chi connectivity index (χ4n) is 9.00. The Labute approximate surface area is 346 Å². The van der Waals surface area contributed by atoms with E-state index in [1.165, 1.54) is 64.3 Å². The Balaban J connectivity index is 1.21. The number of nitrogens with zero attached hydrogens (tertiary/aromatic N) is 4. The SMILES string of the molecule is Cc1cc(C)c(-c2ccc3c(c2)c2ccccc2n3-c2ccc(-c3cccc4c3sc3ccccc34)cc2-c2nc(-c3ccccc3)nc(-c3ccccc3)n2)c(C)c1. The van der Waals surface area contributed by atoms with E-state index in [-0.39, 0.29) is 0 Å². The van der Waals surface area contributed by atoms with E-state index in [9.17, 15) is 0 Å². The molecule has 0 radical (unpaired) electrons. The maximum absolute atomic E-state index is 5.31. The summed E-state index contributed by atoms with van der Waals surface area (Å²) in [6, 6.07) is 62.9. The minimum atomic E-state index is 0.617. The van der Waals surface area contributed by atoms with E-state index in [2.05, 4.69) is 165 Å². The highest BCUT2D eigenvalue weighted by Crippen LogP contribution is 2.43. The zero-order chi connectivity index (χ0) is 39.6. The van der Waals surface area contributed by atoms with E-state index >= 15 is 0 Å². The van der Waals surface area contributed by atoms with Crippen molar-refractivity contribution in [3.05, 3.63) is 193 Å². The highest BCUT2D eigenvalue weighted by atomic mass is 32.1. The molecule has 0 aliphatic heterocycles. The van der Waals surface area contributed by atoms with Crippen LogP contribution in [0.2, 0.25) is 0 Å². The van der Waals surface area contributed by atoms with Gasteiger partial charge in [0.1, 0.15) is 0 Å². The van der Waals surface area contributed by atoms with Gasteiger partial charge in [-0.25, -0.2) is 15.0 Å². The Morgan fingerprint density at radius 3 is 1.73 bits per heavy atom. The molecule has 0 bridgehead atoms. The van der Waals surface area contributed by atoms with Crippen molar-refractivity contribution >= 4 is 53.3 Å². The molecule has 0 fully saturated rings. The van der Waals surface area contributed by atoms with E-state index < -0.39 is 0 Å². The quantitative estimate of drug-likeness (QED) is 0.169. The smallest absolute Gasteiger partial charge is 0.166 e. The Kier molecular flexibility index (Phi) is 8.31. The maximum atomic E-state index is 5.31. The lowest BCUT2D eigenvalue weighted by atomic mass is 9.93. The summed E-state index contributed by atoms with van der Waals surface area (Å²) in [5, 5.41) is 4.95. The maximum Gasteiger partial charge on any atom is 0.166 e. The summed E-state index contributed by atoms with van der Waals surface area (Å²) in [7, 11) is 0. The van der Waals surface area contributed by atoms with Gasteiger partial charge in [-0.2, -0.15) is 0 Å². The predicted octanol–water partition coefficient (Wildman–Crippen LogP) is 14.6. The number of fused-ring (bicyclic) bond motifs is 6. The molecule has 0 amide bonds. The van der Waals surface area contributed by atoms with E-state index in [1.807, 2.05) is 47.7 Å². The lowest BCUT2D eigenvalue weighted by Gasteiger charge is -2.17. The first-order chi connectivity index (χ1) is 29.0. The van der Waals surface area contributed by atoms with Crippen molar-refractivity contribution < 1.29 is 0 Å². The molecule has 59 heavy (non-hydrogen) atoms. The number of hydrogen-bond acceptors (Lipinski definition) is 4. The number of aryl methyl sites for hydroxylation is 3. The normalized spacial score (nSPS) is 11.6. The zero-order valence-electron chi connectivity index (χ0n) is 32.9. The largest absolute Gasteiger partial charge is 0.309 e. The van der Waals surface area contributed by atoms with Crippen molar-refractivity contribution in [2.24, 2.45) is 0 Å². The second-order valence-electron chi connectivity index (χ2n) is 15.4. The molecule has 8 aromatic carbocycles. The molecule has 11 rings (SSSR count). The third-order valence-electron chi connectivity index (χ3n) is 11.5. The Bertz CT molecular complexity index is 3330. The van der Waals surface area contributed by atoms with Gasteiger partial charge in [0.2, 0.25) is 0 Å². The summed E-state index contributed by atoms with van der Waals surface area (Å²) in [4.78, 5) is 15.7. The van der Waals surface area contributed by atoms with Crippen molar-refractivity contribution in [3.8, 4) is 62.1 Å². The zero-order valence-corrected chi connectivity index (χ0v) is 33.8. The van der Waals surface area contributed by atoms with Gasteiger partial charge in [-0.15, -0.1) is 11.3 Å². The monoisotopic (exact) mass is 774 g/mol. The minimum absolute atomic E-state index is 0.617. The average Bonchev–Trinajstić information content (AvgIpc) is 3.82. The van der Waals surface area contributed by atoms with Gasteiger partial charge >= 0.3 is 0 Å². The van der Waals surface area contributed by atoms with Gasteiger partial charge in [0.15, 0.2) is 17.5 Å². The molecule has 0 spiro atoms. The van der Waals surface area contributed by atoms with E-state index in [1.54, 1.807) is 0 Å². The second-order valence-corrected chi connectivity index (χ2v) is 16.5. The third kappa shape index (κ3) is 5.93. The molecule has 4 nitrogen and oxygen atoms in total. The number of thiophene rings is 1. The predicted molar refractivity (Wildman–Crippen MR) is 248 cm³/mol. The molecule has 0 saturated heterocycles. The molecule has 0 aliphatic rings. The highest BCUT2D eigenvalue weighted by Gasteiger charge is 2.22. The molecule has 11 aromatic rings. The molecular formula is C54H38N4S. The van der Waals surface area contributed by atoms with Crippen molar-refractivity contribution in [2.45, 2.75) is 20.8 Å². The van der Waals surface area contributed by atoms with Crippen molar-refractivity contribution in [1.29, 1.82) is 0 Å². The fraction of sp³-hybridized carbons (Fsp3) is 0.0556. The first kappa shape index (κ1) is 35.0. The minimum Gasteiger partial charge on any atom is -0.309 e. The summed E-state index contributed by atoms with van der Waals surface area (Å²) in [6.45, 7) is 6.61. The van der Waals surface area contributed by atoms with Crippen LogP contribution < -0.4 is 0 Å². The van der Waals surface area contributed by atoms with Gasteiger partial charge in [0, 0.05) is 47.6 Å². The number of rotatable bonds is 6. The molecule has 0 unspecified atom stereocenters.